The van der Waals surface area contributed by atoms with Crippen molar-refractivity contribution in [1.29, 1.82) is 0 Å². The molecule has 234 valence electrons. The number of thiophene rings is 2. The number of amides is 2. The number of H-pyrrole nitrogens is 2. The summed E-state index contributed by atoms with van der Waals surface area (Å²) >= 11 is 3.48. The molecule has 0 bridgehead atoms. The van der Waals surface area contributed by atoms with Gasteiger partial charge in [0.15, 0.2) is 0 Å². The molecule has 45 heavy (non-hydrogen) atoms. The van der Waals surface area contributed by atoms with E-state index < -0.39 is 12.1 Å². The second kappa shape index (κ2) is 12.4. The first-order chi connectivity index (χ1) is 21.9. The molecule has 4 aromatic heterocycles. The van der Waals surface area contributed by atoms with Gasteiger partial charge in [-0.05, 0) is 49.3 Å². The fourth-order valence-corrected chi connectivity index (χ4v) is 8.89. The number of ether oxygens (including phenoxy) is 1. The highest BCUT2D eigenvalue weighted by molar-refractivity contribution is 7.27. The smallest absolute Gasteiger partial charge is 0.407 e. The van der Waals surface area contributed by atoms with Gasteiger partial charge < -0.3 is 30.2 Å². The van der Waals surface area contributed by atoms with Crippen LogP contribution in [0.2, 0.25) is 0 Å². The summed E-state index contributed by atoms with van der Waals surface area (Å²) in [5, 5.41) is 10.6. The molecule has 6 heterocycles. The zero-order chi connectivity index (χ0) is 31.1. The third-order valence-electron chi connectivity index (χ3n) is 8.91. The summed E-state index contributed by atoms with van der Waals surface area (Å²) in [7, 11) is 1.31. The number of carbonyl (C=O) groups excluding carboxylic acids is 2. The van der Waals surface area contributed by atoms with Crippen LogP contribution in [0.3, 0.4) is 0 Å². The third kappa shape index (κ3) is 5.66. The number of rotatable bonds is 8. The Kier molecular flexibility index (Phi) is 8.19. The standard InChI is InChI=1S/C33H37N7O3S2/c1-18(2)27(39-33(42)43-3)32(41)40-13-5-7-26(40)31-36-15-25(38-31)22-17-45-28-21(16-44-29(22)28)19-8-10-20(11-9-19)24-14-35-30(37-24)23-6-4-12-34-23/h8-11,14-18,23,26-27,34H,4-7,12-13H2,1-3H3,(H,35,37)(H,36,38)(H,39,42)/t23?,26?,27-/m0/s1. The Morgan fingerprint density at radius 1 is 0.933 bits per heavy atom. The Hall–Kier alpha value is -4.00. The number of hydrogen-bond acceptors (Lipinski definition) is 8. The minimum atomic E-state index is -0.659. The summed E-state index contributed by atoms with van der Waals surface area (Å²) in [6.07, 6.45) is 7.21. The van der Waals surface area contributed by atoms with Gasteiger partial charge in [0.05, 0.1) is 52.4 Å². The molecule has 2 aliphatic heterocycles. The van der Waals surface area contributed by atoms with Gasteiger partial charge in [0.25, 0.3) is 0 Å². The predicted octanol–water partition coefficient (Wildman–Crippen LogP) is 6.88. The molecule has 0 spiro atoms. The highest BCUT2D eigenvalue weighted by atomic mass is 32.1. The zero-order valence-corrected chi connectivity index (χ0v) is 27.2. The lowest BCUT2D eigenvalue weighted by atomic mass is 10.0. The number of nitrogens with zero attached hydrogens (tertiary/aromatic N) is 3. The first-order valence-electron chi connectivity index (χ1n) is 15.5. The van der Waals surface area contributed by atoms with Crippen molar-refractivity contribution in [2.24, 2.45) is 5.92 Å². The third-order valence-corrected chi connectivity index (χ3v) is 11.1. The minimum absolute atomic E-state index is 0.0780. The predicted molar refractivity (Wildman–Crippen MR) is 178 cm³/mol. The van der Waals surface area contributed by atoms with E-state index in [9.17, 15) is 9.59 Å². The molecule has 2 amide bonds. The molecule has 0 radical (unpaired) electrons. The van der Waals surface area contributed by atoms with Crippen molar-refractivity contribution in [2.45, 2.75) is 57.7 Å². The van der Waals surface area contributed by atoms with Crippen LogP contribution in [0.15, 0.2) is 47.4 Å². The van der Waals surface area contributed by atoms with E-state index in [4.69, 9.17) is 9.72 Å². The molecule has 2 saturated heterocycles. The van der Waals surface area contributed by atoms with E-state index >= 15 is 0 Å². The highest BCUT2D eigenvalue weighted by Crippen LogP contribution is 2.44. The van der Waals surface area contributed by atoms with Gasteiger partial charge in [-0.25, -0.2) is 14.8 Å². The largest absolute Gasteiger partial charge is 0.453 e. The van der Waals surface area contributed by atoms with Crippen LogP contribution in [0.5, 0.6) is 0 Å². The van der Waals surface area contributed by atoms with Crippen molar-refractivity contribution in [3.63, 3.8) is 0 Å². The van der Waals surface area contributed by atoms with Crippen molar-refractivity contribution >= 4 is 44.1 Å². The maximum absolute atomic E-state index is 13.5. The number of carbonyl (C=O) groups is 2. The van der Waals surface area contributed by atoms with Crippen molar-refractivity contribution in [3.8, 4) is 33.6 Å². The fourth-order valence-electron chi connectivity index (χ4n) is 6.45. The van der Waals surface area contributed by atoms with Crippen molar-refractivity contribution in [2.75, 3.05) is 20.2 Å². The molecule has 10 nitrogen and oxygen atoms in total. The number of hydrogen-bond donors (Lipinski definition) is 4. The number of likely N-dealkylation sites (tertiary alicyclic amines) is 1. The lowest BCUT2D eigenvalue weighted by Gasteiger charge is -2.30. The van der Waals surface area contributed by atoms with Crippen LogP contribution in [-0.2, 0) is 9.53 Å². The molecule has 3 atom stereocenters. The van der Waals surface area contributed by atoms with E-state index in [1.54, 1.807) is 22.7 Å². The van der Waals surface area contributed by atoms with Gasteiger partial charge in [-0.3, -0.25) is 4.79 Å². The number of nitrogens with one attached hydrogen (secondary N) is 4. The summed E-state index contributed by atoms with van der Waals surface area (Å²) in [6.45, 7) is 5.51. The van der Waals surface area contributed by atoms with Gasteiger partial charge in [0.1, 0.15) is 17.7 Å². The van der Waals surface area contributed by atoms with Crippen LogP contribution in [0.4, 0.5) is 4.79 Å². The maximum Gasteiger partial charge on any atom is 0.407 e. The lowest BCUT2D eigenvalue weighted by molar-refractivity contribution is -0.135. The molecule has 4 N–H and O–H groups in total. The molecule has 2 aliphatic rings. The molecule has 0 aliphatic carbocycles. The summed E-state index contributed by atoms with van der Waals surface area (Å²) in [5.74, 6) is 1.60. The first-order valence-corrected chi connectivity index (χ1v) is 17.2. The van der Waals surface area contributed by atoms with Crippen LogP contribution in [0, 0.1) is 5.92 Å². The van der Waals surface area contributed by atoms with Gasteiger partial charge in [-0.1, -0.05) is 38.1 Å². The summed E-state index contributed by atoms with van der Waals surface area (Å²) in [5.41, 5.74) is 6.63. The maximum atomic E-state index is 13.5. The Balaban J connectivity index is 1.09. The molecular formula is C33H37N7O3S2. The van der Waals surface area contributed by atoms with Crippen molar-refractivity contribution in [1.82, 2.24) is 35.5 Å². The quantitative estimate of drug-likeness (QED) is 0.146. The average Bonchev–Trinajstić information content (AvgIpc) is 3.87. The number of aromatic nitrogens is 4. The SMILES string of the molecule is COC(=O)N[C@H](C(=O)N1CCCC1c1ncc(-c2csc3c(-c4ccc(-c5cnc(C6CCCN6)[nH]5)cc4)csc23)[nH]1)C(C)C. The molecule has 2 unspecified atom stereocenters. The van der Waals surface area contributed by atoms with Gasteiger partial charge in [0.2, 0.25) is 5.91 Å². The number of aromatic amines is 2. The molecule has 7 rings (SSSR count). The number of fused-ring (bicyclic) bond motifs is 1. The van der Waals surface area contributed by atoms with E-state index in [-0.39, 0.29) is 17.9 Å². The summed E-state index contributed by atoms with van der Waals surface area (Å²) in [4.78, 5) is 43.7. The number of imidazole rings is 2. The summed E-state index contributed by atoms with van der Waals surface area (Å²) < 4.78 is 7.23. The van der Waals surface area contributed by atoms with Gasteiger partial charge in [0, 0.05) is 28.4 Å². The van der Waals surface area contributed by atoms with E-state index in [1.165, 1.54) is 34.1 Å². The van der Waals surface area contributed by atoms with Crippen molar-refractivity contribution in [3.05, 3.63) is 59.1 Å². The van der Waals surface area contributed by atoms with Crippen LogP contribution < -0.4 is 10.6 Å². The van der Waals surface area contributed by atoms with Crippen molar-refractivity contribution < 1.29 is 14.3 Å². The molecule has 1 aromatic carbocycles. The number of benzene rings is 1. The Bertz CT molecular complexity index is 1810. The lowest BCUT2D eigenvalue weighted by Crippen LogP contribution is -2.51. The number of alkyl carbamates (subject to hydrolysis) is 1. The summed E-state index contributed by atoms with van der Waals surface area (Å²) in [6, 6.07) is 8.18. The van der Waals surface area contributed by atoms with Crippen LogP contribution >= 0.6 is 22.7 Å². The monoisotopic (exact) mass is 643 g/mol. The van der Waals surface area contributed by atoms with Crippen LogP contribution in [0.1, 0.15) is 63.3 Å². The Morgan fingerprint density at radius 3 is 2.36 bits per heavy atom. The van der Waals surface area contributed by atoms with E-state index in [0.717, 1.165) is 60.0 Å². The molecule has 12 heteroatoms. The zero-order valence-electron chi connectivity index (χ0n) is 25.6. The topological polar surface area (TPSA) is 128 Å². The first kappa shape index (κ1) is 29.7. The number of methoxy groups -OCH3 is 1. The Morgan fingerprint density at radius 2 is 1.62 bits per heavy atom. The molecule has 2 fully saturated rings. The van der Waals surface area contributed by atoms with Gasteiger partial charge in [-0.2, -0.15) is 0 Å². The van der Waals surface area contributed by atoms with E-state index in [1.807, 2.05) is 31.1 Å². The second-order valence-corrected chi connectivity index (χ2v) is 13.9. The van der Waals surface area contributed by atoms with Gasteiger partial charge in [-0.15, -0.1) is 22.7 Å². The fraction of sp³-hybridized carbons (Fsp3) is 0.394. The van der Waals surface area contributed by atoms with E-state index in [2.05, 4.69) is 60.6 Å². The molecule has 0 saturated carbocycles. The Labute approximate surface area is 269 Å². The van der Waals surface area contributed by atoms with Crippen LogP contribution in [-0.4, -0.2) is 63.1 Å². The highest BCUT2D eigenvalue weighted by Gasteiger charge is 2.37. The molecular weight excluding hydrogens is 607 g/mol. The minimum Gasteiger partial charge on any atom is -0.453 e. The molecule has 5 aromatic rings. The second-order valence-electron chi connectivity index (χ2n) is 12.1. The average molecular weight is 644 g/mol. The normalized spacial score (nSPS) is 19.1. The van der Waals surface area contributed by atoms with Crippen LogP contribution in [0.25, 0.3) is 43.0 Å². The van der Waals surface area contributed by atoms with E-state index in [0.29, 0.717) is 12.6 Å². The van der Waals surface area contributed by atoms with Gasteiger partial charge >= 0.3 is 6.09 Å².